The molecule has 0 saturated carbocycles. The van der Waals surface area contributed by atoms with Gasteiger partial charge in [0, 0.05) is 24.8 Å². The first-order valence-electron chi connectivity index (χ1n) is 5.70. The van der Waals surface area contributed by atoms with E-state index in [1.54, 1.807) is 24.3 Å². The summed E-state index contributed by atoms with van der Waals surface area (Å²) in [6, 6.07) is 13.8. The molecule has 0 saturated heterocycles. The number of anilines is 1. The summed E-state index contributed by atoms with van der Waals surface area (Å²) in [4.78, 5) is 12.6. The highest BCUT2D eigenvalue weighted by Crippen LogP contribution is 2.16. The van der Waals surface area contributed by atoms with E-state index in [-0.39, 0.29) is 5.82 Å². The average molecular weight is 243 g/mol. The number of halogens is 1. The lowest BCUT2D eigenvalue weighted by Gasteiger charge is -2.19. The molecule has 3 heteroatoms. The molecule has 0 atom stereocenters. The van der Waals surface area contributed by atoms with Gasteiger partial charge >= 0.3 is 0 Å². The number of carbonyl (C=O) groups is 1. The van der Waals surface area contributed by atoms with Crippen LogP contribution in [0.4, 0.5) is 10.1 Å². The third-order valence-corrected chi connectivity index (χ3v) is 2.80. The largest absolute Gasteiger partial charge is 0.370 e. The van der Waals surface area contributed by atoms with E-state index < -0.39 is 0 Å². The van der Waals surface area contributed by atoms with Crippen LogP contribution in [0, 0.1) is 5.82 Å². The first-order valence-corrected chi connectivity index (χ1v) is 5.70. The Morgan fingerprint density at radius 3 is 2.22 bits per heavy atom. The molecule has 0 spiro atoms. The molecule has 2 aromatic rings. The van der Waals surface area contributed by atoms with Gasteiger partial charge in [-0.05, 0) is 29.8 Å². The summed E-state index contributed by atoms with van der Waals surface area (Å²) >= 11 is 0. The fourth-order valence-corrected chi connectivity index (χ4v) is 1.76. The van der Waals surface area contributed by atoms with Crippen molar-refractivity contribution in [2.75, 3.05) is 11.9 Å². The molecular formula is C15H14FNO. The number of nitrogens with zero attached hydrogens (tertiary/aromatic N) is 1. The Morgan fingerprint density at radius 2 is 1.67 bits per heavy atom. The second-order valence-corrected chi connectivity index (χ2v) is 4.19. The quantitative estimate of drug-likeness (QED) is 0.768. The SMILES string of the molecule is CN(Cc1ccc(C=O)cc1)c1ccc(F)cc1. The third-order valence-electron chi connectivity index (χ3n) is 2.80. The molecule has 18 heavy (non-hydrogen) atoms. The number of benzene rings is 2. The van der Waals surface area contributed by atoms with Crippen LogP contribution in [0.25, 0.3) is 0 Å². The molecule has 0 N–H and O–H groups in total. The van der Waals surface area contributed by atoms with E-state index in [4.69, 9.17) is 0 Å². The van der Waals surface area contributed by atoms with Crippen LogP contribution in [0.1, 0.15) is 15.9 Å². The van der Waals surface area contributed by atoms with E-state index in [0.717, 1.165) is 17.5 Å². The van der Waals surface area contributed by atoms with Crippen molar-refractivity contribution in [3.05, 3.63) is 65.5 Å². The van der Waals surface area contributed by atoms with Gasteiger partial charge in [-0.15, -0.1) is 0 Å². The molecule has 0 unspecified atom stereocenters. The molecule has 0 amide bonds. The molecule has 2 nitrogen and oxygen atoms in total. The molecule has 92 valence electrons. The van der Waals surface area contributed by atoms with E-state index in [0.29, 0.717) is 12.1 Å². The standard InChI is InChI=1S/C15H14FNO/c1-17(15-8-6-14(16)7-9-15)10-12-2-4-13(11-18)5-3-12/h2-9,11H,10H2,1H3. The molecule has 0 aromatic heterocycles. The first kappa shape index (κ1) is 12.3. The number of hydrogen-bond donors (Lipinski definition) is 0. The predicted octanol–water partition coefficient (Wildman–Crippen LogP) is 3.27. The minimum atomic E-state index is -0.234. The maximum Gasteiger partial charge on any atom is 0.150 e. The van der Waals surface area contributed by atoms with Crippen molar-refractivity contribution < 1.29 is 9.18 Å². The van der Waals surface area contributed by atoms with Gasteiger partial charge in [0.25, 0.3) is 0 Å². The van der Waals surface area contributed by atoms with Crippen molar-refractivity contribution in [2.45, 2.75) is 6.54 Å². The molecule has 0 bridgehead atoms. The molecule has 0 aliphatic heterocycles. The third kappa shape index (κ3) is 2.94. The van der Waals surface area contributed by atoms with E-state index in [9.17, 15) is 9.18 Å². The van der Waals surface area contributed by atoms with Gasteiger partial charge in [0.05, 0.1) is 0 Å². The Morgan fingerprint density at radius 1 is 1.06 bits per heavy atom. The molecule has 0 aliphatic carbocycles. The number of rotatable bonds is 4. The zero-order valence-electron chi connectivity index (χ0n) is 10.1. The summed E-state index contributed by atoms with van der Waals surface area (Å²) in [5, 5.41) is 0. The predicted molar refractivity (Wildman–Crippen MR) is 70.3 cm³/mol. The second kappa shape index (κ2) is 5.45. The van der Waals surface area contributed by atoms with Crippen LogP contribution >= 0.6 is 0 Å². The summed E-state index contributed by atoms with van der Waals surface area (Å²) in [6.07, 6.45) is 0.827. The van der Waals surface area contributed by atoms with Crippen molar-refractivity contribution in [1.29, 1.82) is 0 Å². The summed E-state index contributed by atoms with van der Waals surface area (Å²) in [5.74, 6) is -0.234. The van der Waals surface area contributed by atoms with Crippen LogP contribution < -0.4 is 4.90 Å². The summed E-state index contributed by atoms with van der Waals surface area (Å²) in [7, 11) is 1.95. The van der Waals surface area contributed by atoms with E-state index >= 15 is 0 Å². The maximum absolute atomic E-state index is 12.8. The van der Waals surface area contributed by atoms with Crippen molar-refractivity contribution in [1.82, 2.24) is 0 Å². The van der Waals surface area contributed by atoms with E-state index in [1.165, 1.54) is 12.1 Å². The molecule has 0 aliphatic rings. The Hall–Kier alpha value is -2.16. The summed E-state index contributed by atoms with van der Waals surface area (Å²) < 4.78 is 12.8. The average Bonchev–Trinajstić information content (AvgIpc) is 2.40. The van der Waals surface area contributed by atoms with Crippen LogP contribution in [0.2, 0.25) is 0 Å². The minimum absolute atomic E-state index is 0.234. The zero-order chi connectivity index (χ0) is 13.0. The van der Waals surface area contributed by atoms with Gasteiger partial charge in [0.15, 0.2) is 0 Å². The Balaban J connectivity index is 2.08. The fraction of sp³-hybridized carbons (Fsp3) is 0.133. The van der Waals surface area contributed by atoms with Gasteiger partial charge in [0.2, 0.25) is 0 Å². The van der Waals surface area contributed by atoms with Crippen molar-refractivity contribution >= 4 is 12.0 Å². The highest BCUT2D eigenvalue weighted by Gasteiger charge is 2.02. The Bertz CT molecular complexity index is 519. The minimum Gasteiger partial charge on any atom is -0.370 e. The molecule has 2 aromatic carbocycles. The smallest absolute Gasteiger partial charge is 0.150 e. The molecule has 0 fully saturated rings. The van der Waals surface area contributed by atoms with Crippen LogP contribution in [0.5, 0.6) is 0 Å². The maximum atomic E-state index is 12.8. The topological polar surface area (TPSA) is 20.3 Å². The molecular weight excluding hydrogens is 229 g/mol. The molecule has 2 rings (SSSR count). The normalized spacial score (nSPS) is 10.1. The lowest BCUT2D eigenvalue weighted by atomic mass is 10.1. The van der Waals surface area contributed by atoms with Gasteiger partial charge in [-0.25, -0.2) is 4.39 Å². The lowest BCUT2D eigenvalue weighted by molar-refractivity contribution is 0.112. The Kier molecular flexibility index (Phi) is 3.72. The number of aldehydes is 1. The van der Waals surface area contributed by atoms with Crippen molar-refractivity contribution in [3.63, 3.8) is 0 Å². The van der Waals surface area contributed by atoms with E-state index in [1.807, 2.05) is 24.1 Å². The summed E-state index contributed by atoms with van der Waals surface area (Å²) in [5.41, 5.74) is 2.73. The van der Waals surface area contributed by atoms with Crippen LogP contribution in [0.3, 0.4) is 0 Å². The van der Waals surface area contributed by atoms with Gasteiger partial charge in [0.1, 0.15) is 12.1 Å². The zero-order valence-corrected chi connectivity index (χ0v) is 10.1. The molecule has 0 radical (unpaired) electrons. The molecule has 0 heterocycles. The summed E-state index contributed by atoms with van der Waals surface area (Å²) in [6.45, 7) is 0.713. The van der Waals surface area contributed by atoms with Gasteiger partial charge in [-0.3, -0.25) is 4.79 Å². The second-order valence-electron chi connectivity index (χ2n) is 4.19. The van der Waals surface area contributed by atoms with Crippen LogP contribution in [0.15, 0.2) is 48.5 Å². The van der Waals surface area contributed by atoms with Gasteiger partial charge in [-0.1, -0.05) is 24.3 Å². The number of hydrogen-bond acceptors (Lipinski definition) is 2. The monoisotopic (exact) mass is 243 g/mol. The van der Waals surface area contributed by atoms with Gasteiger partial charge < -0.3 is 4.90 Å². The first-order chi connectivity index (χ1) is 8.69. The Labute approximate surface area is 106 Å². The van der Waals surface area contributed by atoms with Gasteiger partial charge in [-0.2, -0.15) is 0 Å². The van der Waals surface area contributed by atoms with Crippen LogP contribution in [-0.2, 0) is 6.54 Å². The lowest BCUT2D eigenvalue weighted by Crippen LogP contribution is -2.16. The highest BCUT2D eigenvalue weighted by atomic mass is 19.1. The van der Waals surface area contributed by atoms with E-state index in [2.05, 4.69) is 0 Å². The fourth-order valence-electron chi connectivity index (χ4n) is 1.76. The highest BCUT2D eigenvalue weighted by molar-refractivity contribution is 5.74. The van der Waals surface area contributed by atoms with Crippen LogP contribution in [-0.4, -0.2) is 13.3 Å². The number of carbonyl (C=O) groups excluding carboxylic acids is 1. The van der Waals surface area contributed by atoms with Crippen molar-refractivity contribution in [2.24, 2.45) is 0 Å². The van der Waals surface area contributed by atoms with Crippen molar-refractivity contribution in [3.8, 4) is 0 Å².